The number of nitrogens with one attached hydrogen (secondary N) is 1. The zero-order chi connectivity index (χ0) is 12.1. The zero-order valence-corrected chi connectivity index (χ0v) is 10.8. The van der Waals surface area contributed by atoms with Gasteiger partial charge in [-0.2, -0.15) is 0 Å². The fourth-order valence-corrected chi connectivity index (χ4v) is 2.63. The molecule has 0 saturated heterocycles. The van der Waals surface area contributed by atoms with Crippen molar-refractivity contribution >= 4 is 17.7 Å². The lowest BCUT2D eigenvalue weighted by Crippen LogP contribution is -2.28. The third-order valence-corrected chi connectivity index (χ3v) is 3.77. The standard InChI is InChI=1S/C13H17NO2S/c1-17-12-9-5-4-8-11(12)13(15)14-16-10-6-2-3-7-10/h4-5,8-10H,2-3,6-7H2,1H3,(H,14,15). The van der Waals surface area contributed by atoms with E-state index in [1.807, 2.05) is 30.5 Å². The second-order valence-electron chi connectivity index (χ2n) is 4.16. The van der Waals surface area contributed by atoms with E-state index in [9.17, 15) is 4.79 Å². The normalized spacial score (nSPS) is 16.1. The molecule has 1 aromatic rings. The predicted molar refractivity (Wildman–Crippen MR) is 69.0 cm³/mol. The Morgan fingerprint density at radius 2 is 2.06 bits per heavy atom. The second kappa shape index (κ2) is 6.07. The highest BCUT2D eigenvalue weighted by Gasteiger charge is 2.18. The first-order valence-corrected chi connectivity index (χ1v) is 7.12. The second-order valence-corrected chi connectivity index (χ2v) is 5.00. The number of carbonyl (C=O) groups excluding carboxylic acids is 1. The lowest BCUT2D eigenvalue weighted by atomic mass is 10.2. The molecule has 0 aromatic heterocycles. The van der Waals surface area contributed by atoms with E-state index in [0.717, 1.165) is 17.7 Å². The molecule has 1 fully saturated rings. The van der Waals surface area contributed by atoms with Crippen LogP contribution in [0.25, 0.3) is 0 Å². The SMILES string of the molecule is CSc1ccccc1C(=O)NOC1CCCC1. The van der Waals surface area contributed by atoms with Crippen LogP contribution in [0.1, 0.15) is 36.0 Å². The van der Waals surface area contributed by atoms with Crippen molar-refractivity contribution in [1.29, 1.82) is 0 Å². The van der Waals surface area contributed by atoms with E-state index in [1.165, 1.54) is 12.8 Å². The average molecular weight is 251 g/mol. The highest BCUT2D eigenvalue weighted by Crippen LogP contribution is 2.21. The number of carbonyl (C=O) groups is 1. The van der Waals surface area contributed by atoms with Crippen LogP contribution < -0.4 is 5.48 Å². The van der Waals surface area contributed by atoms with Gasteiger partial charge < -0.3 is 0 Å². The van der Waals surface area contributed by atoms with Gasteiger partial charge in [0.2, 0.25) is 0 Å². The van der Waals surface area contributed by atoms with Crippen molar-refractivity contribution in [3.05, 3.63) is 29.8 Å². The van der Waals surface area contributed by atoms with E-state index in [2.05, 4.69) is 5.48 Å². The van der Waals surface area contributed by atoms with Crippen LogP contribution in [0.15, 0.2) is 29.2 Å². The number of hydrogen-bond acceptors (Lipinski definition) is 3. The van der Waals surface area contributed by atoms with Crippen molar-refractivity contribution in [3.63, 3.8) is 0 Å². The summed E-state index contributed by atoms with van der Waals surface area (Å²) in [5, 5.41) is 0. The Balaban J connectivity index is 1.94. The summed E-state index contributed by atoms with van der Waals surface area (Å²) in [6.07, 6.45) is 6.64. The maximum atomic E-state index is 11.9. The van der Waals surface area contributed by atoms with Gasteiger partial charge in [-0.15, -0.1) is 11.8 Å². The van der Waals surface area contributed by atoms with Gasteiger partial charge >= 0.3 is 0 Å². The largest absolute Gasteiger partial charge is 0.275 e. The molecule has 92 valence electrons. The minimum Gasteiger partial charge on any atom is -0.270 e. The van der Waals surface area contributed by atoms with E-state index in [1.54, 1.807) is 11.8 Å². The van der Waals surface area contributed by atoms with Gasteiger partial charge in [-0.05, 0) is 31.2 Å². The molecule has 1 aromatic carbocycles. The third-order valence-electron chi connectivity index (χ3n) is 2.97. The Bertz CT molecular complexity index is 389. The Morgan fingerprint density at radius 3 is 2.76 bits per heavy atom. The van der Waals surface area contributed by atoms with Crippen molar-refractivity contribution in [3.8, 4) is 0 Å². The molecule has 2 rings (SSSR count). The van der Waals surface area contributed by atoms with Crippen molar-refractivity contribution in [2.45, 2.75) is 36.7 Å². The molecule has 1 aliphatic carbocycles. The number of hydrogen-bond donors (Lipinski definition) is 1. The monoisotopic (exact) mass is 251 g/mol. The fraction of sp³-hybridized carbons (Fsp3) is 0.462. The first kappa shape index (κ1) is 12.5. The summed E-state index contributed by atoms with van der Waals surface area (Å²) in [6, 6.07) is 7.55. The summed E-state index contributed by atoms with van der Waals surface area (Å²) < 4.78 is 0. The summed E-state index contributed by atoms with van der Waals surface area (Å²) in [7, 11) is 0. The Hall–Kier alpha value is -1.00. The lowest BCUT2D eigenvalue weighted by molar-refractivity contribution is -0.0126. The topological polar surface area (TPSA) is 38.3 Å². The molecule has 3 nitrogen and oxygen atoms in total. The van der Waals surface area contributed by atoms with Gasteiger partial charge in [0.25, 0.3) is 5.91 Å². The summed E-state index contributed by atoms with van der Waals surface area (Å²) in [5.41, 5.74) is 3.24. The highest BCUT2D eigenvalue weighted by molar-refractivity contribution is 7.98. The molecule has 0 radical (unpaired) electrons. The number of hydroxylamine groups is 1. The van der Waals surface area contributed by atoms with E-state index < -0.39 is 0 Å². The third kappa shape index (κ3) is 3.23. The molecule has 0 atom stereocenters. The summed E-state index contributed by atoms with van der Waals surface area (Å²) in [4.78, 5) is 18.3. The minimum atomic E-state index is -0.151. The molecule has 17 heavy (non-hydrogen) atoms. The Kier molecular flexibility index (Phi) is 4.45. The molecule has 1 N–H and O–H groups in total. The van der Waals surface area contributed by atoms with Crippen LogP contribution >= 0.6 is 11.8 Å². The molecule has 1 amide bonds. The highest BCUT2D eigenvalue weighted by atomic mass is 32.2. The maximum absolute atomic E-state index is 11.9. The van der Waals surface area contributed by atoms with Gasteiger partial charge in [0.15, 0.2) is 0 Å². The van der Waals surface area contributed by atoms with Crippen LogP contribution in [0.3, 0.4) is 0 Å². The quantitative estimate of drug-likeness (QED) is 0.660. The molecule has 1 saturated carbocycles. The summed E-state index contributed by atoms with van der Waals surface area (Å²) in [5.74, 6) is -0.151. The molecular formula is C13H17NO2S. The van der Waals surface area contributed by atoms with E-state index in [4.69, 9.17) is 4.84 Å². The lowest BCUT2D eigenvalue weighted by Gasteiger charge is -2.12. The van der Waals surface area contributed by atoms with Gasteiger partial charge in [-0.3, -0.25) is 9.63 Å². The number of amides is 1. The van der Waals surface area contributed by atoms with Crippen LogP contribution in [0.5, 0.6) is 0 Å². The van der Waals surface area contributed by atoms with Crippen molar-refractivity contribution in [2.75, 3.05) is 6.26 Å². The van der Waals surface area contributed by atoms with Gasteiger partial charge in [0, 0.05) is 4.90 Å². The van der Waals surface area contributed by atoms with Gasteiger partial charge in [0.05, 0.1) is 11.7 Å². The van der Waals surface area contributed by atoms with Gasteiger partial charge in [-0.25, -0.2) is 5.48 Å². The summed E-state index contributed by atoms with van der Waals surface area (Å²) >= 11 is 1.57. The molecule has 0 aliphatic heterocycles. The molecular weight excluding hydrogens is 234 g/mol. The zero-order valence-electron chi connectivity index (χ0n) is 9.94. The first-order valence-electron chi connectivity index (χ1n) is 5.90. The molecule has 0 unspecified atom stereocenters. The van der Waals surface area contributed by atoms with Crippen molar-refractivity contribution in [1.82, 2.24) is 5.48 Å². The molecule has 0 bridgehead atoms. The van der Waals surface area contributed by atoms with E-state index in [0.29, 0.717) is 5.56 Å². The van der Waals surface area contributed by atoms with E-state index in [-0.39, 0.29) is 12.0 Å². The molecule has 1 aliphatic rings. The van der Waals surface area contributed by atoms with Gasteiger partial charge in [0.1, 0.15) is 0 Å². The molecule has 0 heterocycles. The minimum absolute atomic E-state index is 0.151. The maximum Gasteiger partial charge on any atom is 0.275 e. The van der Waals surface area contributed by atoms with Gasteiger partial charge in [-0.1, -0.05) is 25.0 Å². The van der Waals surface area contributed by atoms with Crippen molar-refractivity contribution in [2.24, 2.45) is 0 Å². The average Bonchev–Trinajstić information content (AvgIpc) is 2.89. The van der Waals surface area contributed by atoms with Crippen LogP contribution in [0, 0.1) is 0 Å². The Labute approximate surface area is 106 Å². The van der Waals surface area contributed by atoms with Crippen molar-refractivity contribution < 1.29 is 9.63 Å². The molecule has 4 heteroatoms. The smallest absolute Gasteiger partial charge is 0.270 e. The van der Waals surface area contributed by atoms with E-state index >= 15 is 0 Å². The number of rotatable bonds is 4. The molecule has 0 spiro atoms. The Morgan fingerprint density at radius 1 is 1.35 bits per heavy atom. The first-order chi connectivity index (χ1) is 8.31. The fourth-order valence-electron chi connectivity index (χ4n) is 2.03. The van der Waals surface area contributed by atoms with Crippen LogP contribution in [-0.4, -0.2) is 18.3 Å². The van der Waals surface area contributed by atoms with Crippen LogP contribution in [-0.2, 0) is 4.84 Å². The predicted octanol–water partition coefficient (Wildman–Crippen LogP) is 3.01. The number of benzene rings is 1. The summed E-state index contributed by atoms with van der Waals surface area (Å²) in [6.45, 7) is 0. The number of thioether (sulfide) groups is 1. The van der Waals surface area contributed by atoms with Crippen LogP contribution in [0.4, 0.5) is 0 Å². The van der Waals surface area contributed by atoms with Crippen LogP contribution in [0.2, 0.25) is 0 Å².